The Balaban J connectivity index is 1.14. The van der Waals surface area contributed by atoms with Crippen molar-refractivity contribution in [2.45, 2.75) is 75.3 Å². The van der Waals surface area contributed by atoms with Gasteiger partial charge < -0.3 is 24.8 Å². The Kier molecular flexibility index (Phi) is 5.57. The Morgan fingerprint density at radius 3 is 2.74 bits per heavy atom. The van der Waals surface area contributed by atoms with Crippen molar-refractivity contribution in [3.05, 3.63) is 30.5 Å². The van der Waals surface area contributed by atoms with Gasteiger partial charge in [-0.15, -0.1) is 20.4 Å². The van der Waals surface area contributed by atoms with Crippen LogP contribution in [0, 0.1) is 0 Å². The molecule has 0 radical (unpaired) electrons. The van der Waals surface area contributed by atoms with Crippen molar-refractivity contribution in [1.29, 1.82) is 0 Å². The molecule has 11 heteroatoms. The number of aromatic nitrogens is 5. The van der Waals surface area contributed by atoms with E-state index in [-0.39, 0.29) is 17.8 Å². The molecule has 1 aliphatic carbocycles. The molecular weight excluding hydrogens is 489 g/mol. The third kappa shape index (κ3) is 4.09. The molecule has 2 bridgehead atoms. The lowest BCUT2D eigenvalue weighted by Gasteiger charge is -2.52. The number of aromatic hydroxyl groups is 1. The number of ether oxygens (including phenoxy) is 2. The van der Waals surface area contributed by atoms with Crippen molar-refractivity contribution in [3.63, 3.8) is 0 Å². The summed E-state index contributed by atoms with van der Waals surface area (Å²) >= 11 is 0. The molecule has 7 rings (SSSR count). The van der Waals surface area contributed by atoms with Gasteiger partial charge in [0.15, 0.2) is 17.4 Å². The second-order valence-corrected chi connectivity index (χ2v) is 11.0. The number of halogens is 1. The van der Waals surface area contributed by atoms with E-state index in [1.807, 2.05) is 13.0 Å². The molecule has 2 N–H and O–H groups in total. The number of benzene rings is 1. The third-order valence-electron chi connectivity index (χ3n) is 8.21. The van der Waals surface area contributed by atoms with E-state index in [9.17, 15) is 5.11 Å². The average molecular weight is 520 g/mol. The highest BCUT2D eigenvalue weighted by molar-refractivity contribution is 5.72. The summed E-state index contributed by atoms with van der Waals surface area (Å²) in [6.45, 7) is 2.90. The maximum absolute atomic E-state index is 15.9. The van der Waals surface area contributed by atoms with Crippen molar-refractivity contribution in [1.82, 2.24) is 30.7 Å². The van der Waals surface area contributed by atoms with Crippen LogP contribution in [0.25, 0.3) is 22.6 Å². The Hall–Kier alpha value is -3.60. The minimum atomic E-state index is -0.999. The molecule has 3 aromatic rings. The molecule has 2 aromatic heterocycles. The van der Waals surface area contributed by atoms with Crippen molar-refractivity contribution in [3.8, 4) is 40.0 Å². The Bertz CT molecular complexity index is 1350. The molecule has 4 atom stereocenters. The van der Waals surface area contributed by atoms with Crippen LogP contribution in [0.3, 0.4) is 0 Å². The normalized spacial score (nSPS) is 28.1. The number of fused-ring (bicyclic) bond motifs is 3. The van der Waals surface area contributed by atoms with E-state index < -0.39 is 11.7 Å². The van der Waals surface area contributed by atoms with Gasteiger partial charge in [-0.1, -0.05) is 6.07 Å². The lowest BCUT2D eigenvalue weighted by Crippen LogP contribution is -2.69. The highest BCUT2D eigenvalue weighted by Crippen LogP contribution is 2.43. The number of alkyl halides is 1. The van der Waals surface area contributed by atoms with E-state index in [0.717, 1.165) is 38.5 Å². The van der Waals surface area contributed by atoms with E-state index in [0.29, 0.717) is 59.3 Å². The van der Waals surface area contributed by atoms with E-state index in [1.54, 1.807) is 24.4 Å². The quantitative estimate of drug-likeness (QED) is 0.519. The fourth-order valence-electron chi connectivity index (χ4n) is 6.18. The lowest BCUT2D eigenvalue weighted by molar-refractivity contribution is 0.0385. The number of phenols is 1. The van der Waals surface area contributed by atoms with E-state index >= 15 is 4.39 Å². The monoisotopic (exact) mass is 519 g/mol. The van der Waals surface area contributed by atoms with E-state index in [1.165, 1.54) is 0 Å². The van der Waals surface area contributed by atoms with Crippen LogP contribution >= 0.6 is 0 Å². The van der Waals surface area contributed by atoms with Gasteiger partial charge in [0.2, 0.25) is 0 Å². The summed E-state index contributed by atoms with van der Waals surface area (Å²) in [6, 6.07) is 7.20. The zero-order valence-corrected chi connectivity index (χ0v) is 21.2. The lowest BCUT2D eigenvalue weighted by atomic mass is 9.73. The summed E-state index contributed by atoms with van der Waals surface area (Å²) in [7, 11) is 0. The predicted molar refractivity (Wildman–Crippen MR) is 137 cm³/mol. The first-order valence-electron chi connectivity index (χ1n) is 13.4. The van der Waals surface area contributed by atoms with Crippen molar-refractivity contribution < 1.29 is 19.0 Å². The summed E-state index contributed by atoms with van der Waals surface area (Å²) in [5.74, 6) is 1.77. The summed E-state index contributed by atoms with van der Waals surface area (Å²) < 4.78 is 26.9. The van der Waals surface area contributed by atoms with Crippen molar-refractivity contribution in [2.24, 2.45) is 0 Å². The van der Waals surface area contributed by atoms with Gasteiger partial charge in [-0.05, 0) is 57.6 Å². The Morgan fingerprint density at radius 2 is 1.95 bits per heavy atom. The van der Waals surface area contributed by atoms with Gasteiger partial charge >= 0.3 is 0 Å². The van der Waals surface area contributed by atoms with Crippen LogP contribution in [-0.2, 0) is 0 Å². The largest absolute Gasteiger partial charge is 0.507 e. The van der Waals surface area contributed by atoms with Crippen LogP contribution in [0.2, 0.25) is 0 Å². The molecule has 3 aliphatic heterocycles. The molecule has 0 spiro atoms. The van der Waals surface area contributed by atoms with Crippen LogP contribution in [-0.4, -0.2) is 73.5 Å². The number of phenolic OH excluding ortho intramolecular Hbond substituents is 1. The fraction of sp³-hybridized carbons (Fsp3) is 0.519. The molecule has 5 heterocycles. The second-order valence-electron chi connectivity index (χ2n) is 11.0. The molecule has 1 saturated carbocycles. The first-order chi connectivity index (χ1) is 18.5. The molecule has 10 nitrogen and oxygen atoms in total. The van der Waals surface area contributed by atoms with Crippen LogP contribution < -0.4 is 19.7 Å². The third-order valence-corrected chi connectivity index (χ3v) is 8.21. The van der Waals surface area contributed by atoms with Gasteiger partial charge in [-0.2, -0.15) is 0 Å². The number of nitrogens with zero attached hydrogens (tertiary/aromatic N) is 6. The number of rotatable bonds is 5. The smallest absolute Gasteiger partial charge is 0.276 e. The Morgan fingerprint density at radius 1 is 1.08 bits per heavy atom. The number of anilines is 1. The topological polar surface area (TPSA) is 118 Å². The van der Waals surface area contributed by atoms with E-state index in [4.69, 9.17) is 9.47 Å². The number of hydrogen-bond donors (Lipinski definition) is 2. The number of nitrogens with one attached hydrogen (secondary N) is 1. The minimum Gasteiger partial charge on any atom is -0.507 e. The molecule has 3 fully saturated rings. The SMILES string of the molecule is C[C@]12CCC[C@@H](C[C@@H](N(c3cnc(-c4ccc(-c5cc6c(nn5)OCCO6)cc4O)nn3)C3CC3)[C@H]1F)N2. The molecular formula is C27H30FN7O3. The molecule has 0 unspecified atom stereocenters. The highest BCUT2D eigenvalue weighted by Gasteiger charge is 2.52. The maximum Gasteiger partial charge on any atom is 0.276 e. The number of piperidine rings is 2. The van der Waals surface area contributed by atoms with Crippen molar-refractivity contribution >= 4 is 5.82 Å². The van der Waals surface area contributed by atoms with E-state index in [2.05, 4.69) is 35.6 Å². The van der Waals surface area contributed by atoms with Crippen LogP contribution in [0.4, 0.5) is 10.2 Å². The fourth-order valence-corrected chi connectivity index (χ4v) is 6.18. The molecule has 2 saturated heterocycles. The average Bonchev–Trinajstić information content (AvgIpc) is 3.77. The van der Waals surface area contributed by atoms with Gasteiger partial charge in [0.25, 0.3) is 5.88 Å². The first-order valence-corrected chi connectivity index (χ1v) is 13.4. The summed E-state index contributed by atoms with van der Waals surface area (Å²) in [5.41, 5.74) is 1.16. The van der Waals surface area contributed by atoms with Gasteiger partial charge in [0.05, 0.1) is 23.5 Å². The second kappa shape index (κ2) is 9.00. The van der Waals surface area contributed by atoms with Crippen LogP contribution in [0.5, 0.6) is 17.4 Å². The summed E-state index contributed by atoms with van der Waals surface area (Å²) in [4.78, 5) is 6.65. The summed E-state index contributed by atoms with van der Waals surface area (Å²) in [6.07, 6.45) is 6.43. The molecule has 198 valence electrons. The Labute approximate surface area is 219 Å². The van der Waals surface area contributed by atoms with Gasteiger partial charge in [-0.3, -0.25) is 0 Å². The highest BCUT2D eigenvalue weighted by atomic mass is 19.1. The van der Waals surface area contributed by atoms with Crippen LogP contribution in [0.1, 0.15) is 45.4 Å². The zero-order valence-electron chi connectivity index (χ0n) is 21.2. The van der Waals surface area contributed by atoms with Crippen LogP contribution in [0.15, 0.2) is 30.5 Å². The molecule has 1 aromatic carbocycles. The van der Waals surface area contributed by atoms with Gasteiger partial charge in [-0.25, -0.2) is 9.37 Å². The standard InChI is InChI=1S/C27H30FN7O3/c1-27-8-2-3-16(30-27)12-20(24(27)28)35(17-5-6-17)23-14-29-25(33-32-23)18-7-4-15(11-21(18)36)19-13-22-26(34-31-19)38-10-9-37-22/h4,7,11,13-14,16-17,20,24,30,36H,2-3,5-6,8-10,12H2,1H3/t16-,20+,24+,27-/m0/s1. The number of hydrogen-bond acceptors (Lipinski definition) is 10. The van der Waals surface area contributed by atoms with Crippen molar-refractivity contribution in [2.75, 3.05) is 18.1 Å². The molecule has 4 aliphatic rings. The zero-order chi connectivity index (χ0) is 25.9. The maximum atomic E-state index is 15.9. The summed E-state index contributed by atoms with van der Waals surface area (Å²) in [5, 5.41) is 31.4. The molecule has 38 heavy (non-hydrogen) atoms. The first kappa shape index (κ1) is 23.5. The van der Waals surface area contributed by atoms with Gasteiger partial charge in [0.1, 0.15) is 25.1 Å². The predicted octanol–water partition coefficient (Wildman–Crippen LogP) is 3.45. The minimum absolute atomic E-state index is 0.00397. The van der Waals surface area contributed by atoms with Gasteiger partial charge in [0, 0.05) is 29.3 Å². The molecule has 0 amide bonds.